The lowest BCUT2D eigenvalue weighted by Crippen LogP contribution is -2.39. The van der Waals surface area contributed by atoms with Crippen molar-refractivity contribution in [3.8, 4) is 0 Å². The second-order valence-corrected chi connectivity index (χ2v) is 6.38. The Morgan fingerprint density at radius 3 is 2.56 bits per heavy atom. The molecule has 0 aromatic carbocycles. The van der Waals surface area contributed by atoms with Crippen LogP contribution in [0.25, 0.3) is 0 Å². The lowest BCUT2D eigenvalue weighted by Gasteiger charge is -2.35. The fourth-order valence-corrected chi connectivity index (χ4v) is 2.95. The predicted octanol–water partition coefficient (Wildman–Crippen LogP) is 3.82. The van der Waals surface area contributed by atoms with Crippen molar-refractivity contribution in [1.29, 1.82) is 0 Å². The van der Waals surface area contributed by atoms with Crippen molar-refractivity contribution in [1.82, 2.24) is 4.98 Å². The van der Waals surface area contributed by atoms with Gasteiger partial charge >= 0.3 is 0 Å². The molecule has 0 saturated carbocycles. The number of pyridine rings is 1. The highest BCUT2D eigenvalue weighted by Crippen LogP contribution is 2.27. The van der Waals surface area contributed by atoms with E-state index in [1.807, 2.05) is 0 Å². The fourth-order valence-electron chi connectivity index (χ4n) is 2.43. The molecule has 0 N–H and O–H groups in total. The molecule has 0 bridgehead atoms. The first kappa shape index (κ1) is 12.4. The van der Waals surface area contributed by atoms with Gasteiger partial charge in [0.1, 0.15) is 5.82 Å². The quantitative estimate of drug-likeness (QED) is 0.716. The summed E-state index contributed by atoms with van der Waals surface area (Å²) in [5, 5.41) is 0.738. The van der Waals surface area contributed by atoms with Crippen molar-refractivity contribution >= 4 is 40.0 Å². The van der Waals surface area contributed by atoms with Crippen LogP contribution in [0.3, 0.4) is 0 Å². The van der Waals surface area contributed by atoms with Gasteiger partial charge in [-0.05, 0) is 46.9 Å². The summed E-state index contributed by atoms with van der Waals surface area (Å²) in [4.78, 5) is 6.79. The first-order valence-corrected chi connectivity index (χ1v) is 7.08. The van der Waals surface area contributed by atoms with E-state index in [2.05, 4.69) is 52.4 Å². The molecule has 4 heteroatoms. The standard InChI is InChI=1S/C12H16ClIN2/c1-8-3-9(2)7-16(6-8)12-4-11(14)10(13)5-15-12/h4-5,8-9H,3,6-7H2,1-2H3. The molecule has 88 valence electrons. The Bertz CT molecular complexity index is 373. The molecule has 1 aromatic rings. The van der Waals surface area contributed by atoms with Crippen LogP contribution < -0.4 is 4.90 Å². The Labute approximate surface area is 116 Å². The van der Waals surface area contributed by atoms with Gasteiger partial charge in [-0.25, -0.2) is 4.98 Å². The van der Waals surface area contributed by atoms with Crippen molar-refractivity contribution in [3.63, 3.8) is 0 Å². The van der Waals surface area contributed by atoms with E-state index in [1.165, 1.54) is 6.42 Å². The minimum Gasteiger partial charge on any atom is -0.356 e. The molecule has 16 heavy (non-hydrogen) atoms. The predicted molar refractivity (Wildman–Crippen MR) is 77.1 cm³/mol. The van der Waals surface area contributed by atoms with Gasteiger partial charge in [0.25, 0.3) is 0 Å². The highest BCUT2D eigenvalue weighted by atomic mass is 127. The summed E-state index contributed by atoms with van der Waals surface area (Å²) in [6.07, 6.45) is 3.07. The molecule has 1 fully saturated rings. The number of hydrogen-bond donors (Lipinski definition) is 0. The van der Waals surface area contributed by atoms with Crippen LogP contribution in [-0.2, 0) is 0 Å². The van der Waals surface area contributed by atoms with Gasteiger partial charge in [0.05, 0.1) is 5.02 Å². The van der Waals surface area contributed by atoms with Crippen LogP contribution in [-0.4, -0.2) is 18.1 Å². The van der Waals surface area contributed by atoms with E-state index in [0.717, 1.165) is 39.3 Å². The second kappa shape index (κ2) is 5.08. The maximum Gasteiger partial charge on any atom is 0.129 e. The maximum atomic E-state index is 5.99. The molecule has 1 aliphatic rings. The summed E-state index contributed by atoms with van der Waals surface area (Å²) in [7, 11) is 0. The lowest BCUT2D eigenvalue weighted by atomic mass is 9.92. The van der Waals surface area contributed by atoms with E-state index in [4.69, 9.17) is 11.6 Å². The monoisotopic (exact) mass is 350 g/mol. The molecule has 0 radical (unpaired) electrons. The van der Waals surface area contributed by atoms with Gasteiger partial charge in [-0.2, -0.15) is 0 Å². The number of hydrogen-bond acceptors (Lipinski definition) is 2. The number of piperidine rings is 1. The number of aromatic nitrogens is 1. The summed E-state index contributed by atoms with van der Waals surface area (Å²) in [5.41, 5.74) is 0. The first-order valence-electron chi connectivity index (χ1n) is 5.62. The summed E-state index contributed by atoms with van der Waals surface area (Å²) >= 11 is 8.25. The zero-order chi connectivity index (χ0) is 11.7. The van der Waals surface area contributed by atoms with Gasteiger partial charge < -0.3 is 4.90 Å². The van der Waals surface area contributed by atoms with Crippen LogP contribution in [0.5, 0.6) is 0 Å². The van der Waals surface area contributed by atoms with Gasteiger partial charge in [0.2, 0.25) is 0 Å². The highest BCUT2D eigenvalue weighted by molar-refractivity contribution is 14.1. The van der Waals surface area contributed by atoms with E-state index in [0.29, 0.717) is 0 Å². The van der Waals surface area contributed by atoms with Crippen LogP contribution in [0.4, 0.5) is 5.82 Å². The van der Waals surface area contributed by atoms with Crippen molar-refractivity contribution < 1.29 is 0 Å². The van der Waals surface area contributed by atoms with Crippen LogP contribution in [0.2, 0.25) is 5.02 Å². The molecule has 1 saturated heterocycles. The summed E-state index contributed by atoms with van der Waals surface area (Å²) in [5.74, 6) is 2.56. The minimum atomic E-state index is 0.738. The largest absolute Gasteiger partial charge is 0.356 e. The van der Waals surface area contributed by atoms with Crippen LogP contribution >= 0.6 is 34.2 Å². The smallest absolute Gasteiger partial charge is 0.129 e. The summed E-state index contributed by atoms with van der Waals surface area (Å²) < 4.78 is 1.08. The second-order valence-electron chi connectivity index (χ2n) is 4.81. The molecule has 0 aliphatic carbocycles. The minimum absolute atomic E-state index is 0.738. The van der Waals surface area contributed by atoms with E-state index in [-0.39, 0.29) is 0 Å². The molecule has 2 heterocycles. The normalized spacial score (nSPS) is 25.9. The third-order valence-electron chi connectivity index (χ3n) is 2.99. The van der Waals surface area contributed by atoms with E-state index >= 15 is 0 Å². The molecule has 2 atom stereocenters. The Balaban J connectivity index is 2.19. The van der Waals surface area contributed by atoms with Crippen molar-refractivity contribution in [3.05, 3.63) is 20.9 Å². The van der Waals surface area contributed by atoms with Gasteiger partial charge in [-0.1, -0.05) is 25.4 Å². The number of anilines is 1. The van der Waals surface area contributed by atoms with Gasteiger partial charge in [0, 0.05) is 22.9 Å². The first-order chi connectivity index (χ1) is 7.56. The maximum absolute atomic E-state index is 5.99. The molecule has 0 spiro atoms. The van der Waals surface area contributed by atoms with Crippen molar-refractivity contribution in [2.45, 2.75) is 20.3 Å². The van der Waals surface area contributed by atoms with E-state index in [9.17, 15) is 0 Å². The lowest BCUT2D eigenvalue weighted by molar-refractivity contribution is 0.355. The molecule has 2 unspecified atom stereocenters. The average molecular weight is 351 g/mol. The topological polar surface area (TPSA) is 16.1 Å². The van der Waals surface area contributed by atoms with Crippen molar-refractivity contribution in [2.24, 2.45) is 11.8 Å². The fraction of sp³-hybridized carbons (Fsp3) is 0.583. The average Bonchev–Trinajstić information content (AvgIpc) is 2.20. The van der Waals surface area contributed by atoms with Crippen LogP contribution in [0.1, 0.15) is 20.3 Å². The Hall–Kier alpha value is -0.0300. The molecule has 2 nitrogen and oxygen atoms in total. The molecule has 1 aliphatic heterocycles. The molecular formula is C12H16ClIN2. The van der Waals surface area contributed by atoms with Gasteiger partial charge in [0.15, 0.2) is 0 Å². The number of rotatable bonds is 1. The highest BCUT2D eigenvalue weighted by Gasteiger charge is 2.22. The SMILES string of the molecule is CC1CC(C)CN(c2cc(I)c(Cl)cn2)C1. The van der Waals surface area contributed by atoms with Crippen molar-refractivity contribution in [2.75, 3.05) is 18.0 Å². The van der Waals surface area contributed by atoms with Gasteiger partial charge in [-0.3, -0.25) is 0 Å². The van der Waals surface area contributed by atoms with E-state index < -0.39 is 0 Å². The summed E-state index contributed by atoms with van der Waals surface area (Å²) in [6.45, 7) is 6.83. The molecule has 2 rings (SSSR count). The van der Waals surface area contributed by atoms with Crippen LogP contribution in [0.15, 0.2) is 12.3 Å². The molecular weight excluding hydrogens is 335 g/mol. The zero-order valence-corrected chi connectivity index (χ0v) is 12.5. The van der Waals surface area contributed by atoms with E-state index in [1.54, 1.807) is 6.20 Å². The third-order valence-corrected chi connectivity index (χ3v) is 4.50. The van der Waals surface area contributed by atoms with Crippen LogP contribution in [0, 0.1) is 15.4 Å². The number of halogens is 2. The third kappa shape index (κ3) is 2.80. The summed E-state index contributed by atoms with van der Waals surface area (Å²) in [6, 6.07) is 2.08. The Kier molecular flexibility index (Phi) is 3.95. The molecule has 1 aromatic heterocycles. The number of nitrogens with zero attached hydrogens (tertiary/aromatic N) is 2. The van der Waals surface area contributed by atoms with Gasteiger partial charge in [-0.15, -0.1) is 0 Å². The zero-order valence-electron chi connectivity index (χ0n) is 9.58. The molecule has 0 amide bonds. The Morgan fingerprint density at radius 2 is 2.00 bits per heavy atom. The Morgan fingerprint density at radius 1 is 1.38 bits per heavy atom.